The molecule has 164 valence electrons. The van der Waals surface area contributed by atoms with Crippen LogP contribution in [0.5, 0.6) is 0 Å². The van der Waals surface area contributed by atoms with E-state index in [1.54, 1.807) is 0 Å². The van der Waals surface area contributed by atoms with Crippen molar-refractivity contribution in [1.29, 1.82) is 0 Å². The van der Waals surface area contributed by atoms with Gasteiger partial charge in [0.2, 0.25) is 0 Å². The van der Waals surface area contributed by atoms with Crippen LogP contribution in [0.4, 0.5) is 0 Å². The lowest BCUT2D eigenvalue weighted by Crippen LogP contribution is -3.16. The Balaban J connectivity index is 0. The molecule has 1 unspecified atom stereocenters. The lowest BCUT2D eigenvalue weighted by Gasteiger charge is -2.27. The molecule has 27 heavy (non-hydrogen) atoms. The Morgan fingerprint density at radius 2 is 1.15 bits per heavy atom. The molecule has 0 saturated carbocycles. The number of rotatable bonds is 21. The fourth-order valence-corrected chi connectivity index (χ4v) is 3.92. The van der Waals surface area contributed by atoms with Crippen LogP contribution in [-0.2, 0) is 0 Å². The molecule has 0 aromatic rings. The molecule has 0 radical (unpaired) electrons. The van der Waals surface area contributed by atoms with Gasteiger partial charge < -0.3 is 27.5 Å². The number of hydrogen-bond acceptors (Lipinski definition) is 2. The van der Waals surface area contributed by atoms with Gasteiger partial charge >= 0.3 is 0 Å². The first-order chi connectivity index (χ1) is 12.8. The molecule has 0 aromatic carbocycles. The Morgan fingerprint density at radius 3 is 1.52 bits per heavy atom. The quantitative estimate of drug-likeness (QED) is 0.199. The van der Waals surface area contributed by atoms with Gasteiger partial charge in [-0.05, 0) is 12.8 Å². The Labute approximate surface area is 176 Å². The summed E-state index contributed by atoms with van der Waals surface area (Å²) in [5.41, 5.74) is 0. The summed E-state index contributed by atoms with van der Waals surface area (Å²) < 4.78 is 0. The van der Waals surface area contributed by atoms with Crippen molar-refractivity contribution in [3.8, 4) is 0 Å². The van der Waals surface area contributed by atoms with E-state index in [9.17, 15) is 10.2 Å². The smallest absolute Gasteiger partial charge is 0.101 e. The molecule has 0 fully saturated rings. The average molecular weight is 406 g/mol. The lowest BCUT2D eigenvalue weighted by molar-refractivity contribution is -0.926. The van der Waals surface area contributed by atoms with Gasteiger partial charge in [0.1, 0.15) is 13.1 Å². The molecular weight excluding hydrogens is 358 g/mol. The van der Waals surface area contributed by atoms with Gasteiger partial charge in [0.25, 0.3) is 0 Å². The number of aliphatic hydroxyl groups excluding tert-OH is 2. The minimum absolute atomic E-state index is 0. The molecule has 0 bridgehead atoms. The normalized spacial score (nSPS) is 12.1. The van der Waals surface area contributed by atoms with Gasteiger partial charge in [-0.25, -0.2) is 0 Å². The second-order valence-corrected chi connectivity index (χ2v) is 7.86. The molecule has 0 saturated heterocycles. The van der Waals surface area contributed by atoms with Crippen LogP contribution in [0.3, 0.4) is 0 Å². The molecule has 0 aromatic heterocycles. The molecule has 0 aliphatic heterocycles. The Morgan fingerprint density at radius 1 is 0.741 bits per heavy atom. The van der Waals surface area contributed by atoms with Crippen LogP contribution in [0.15, 0.2) is 12.7 Å². The van der Waals surface area contributed by atoms with Crippen molar-refractivity contribution in [2.45, 2.75) is 109 Å². The molecule has 0 rings (SSSR count). The van der Waals surface area contributed by atoms with E-state index in [0.717, 1.165) is 19.5 Å². The van der Waals surface area contributed by atoms with E-state index in [2.05, 4.69) is 13.5 Å². The summed E-state index contributed by atoms with van der Waals surface area (Å²) in [5, 5.41) is 18.5. The third-order valence-electron chi connectivity index (χ3n) is 5.55. The molecule has 3 nitrogen and oxygen atoms in total. The van der Waals surface area contributed by atoms with Crippen LogP contribution in [0.2, 0.25) is 0 Å². The highest BCUT2D eigenvalue weighted by Crippen LogP contribution is 2.13. The molecular formula is C23H48ClNO2. The second-order valence-electron chi connectivity index (χ2n) is 7.86. The van der Waals surface area contributed by atoms with E-state index in [0.29, 0.717) is 6.04 Å². The summed E-state index contributed by atoms with van der Waals surface area (Å²) in [6.45, 7) is 8.02. The maximum Gasteiger partial charge on any atom is 0.101 e. The van der Waals surface area contributed by atoms with Crippen molar-refractivity contribution in [1.82, 2.24) is 0 Å². The molecule has 0 spiro atoms. The number of halogens is 1. The first-order valence-electron chi connectivity index (χ1n) is 11.5. The van der Waals surface area contributed by atoms with Crippen LogP contribution in [-0.4, -0.2) is 42.6 Å². The fraction of sp³-hybridized carbons (Fsp3) is 0.913. The number of aliphatic hydroxyl groups is 2. The van der Waals surface area contributed by atoms with Crippen molar-refractivity contribution in [2.75, 3.05) is 26.3 Å². The average Bonchev–Trinajstić information content (AvgIpc) is 2.64. The van der Waals surface area contributed by atoms with E-state index in [4.69, 9.17) is 0 Å². The molecule has 1 atom stereocenters. The zero-order valence-corrected chi connectivity index (χ0v) is 18.8. The zero-order valence-electron chi connectivity index (χ0n) is 18.1. The van der Waals surface area contributed by atoms with Gasteiger partial charge in [-0.1, -0.05) is 90.0 Å². The van der Waals surface area contributed by atoms with Crippen molar-refractivity contribution < 1.29 is 27.5 Å². The molecule has 0 aliphatic carbocycles. The summed E-state index contributed by atoms with van der Waals surface area (Å²) in [4.78, 5) is 1.33. The molecule has 0 aliphatic rings. The third kappa shape index (κ3) is 19.0. The van der Waals surface area contributed by atoms with Crippen molar-refractivity contribution >= 4 is 0 Å². The highest BCUT2D eigenvalue weighted by atomic mass is 35.5. The van der Waals surface area contributed by atoms with Crippen molar-refractivity contribution in [3.63, 3.8) is 0 Å². The summed E-state index contributed by atoms with van der Waals surface area (Å²) in [5.74, 6) is 0. The first-order valence-corrected chi connectivity index (χ1v) is 11.5. The topological polar surface area (TPSA) is 44.9 Å². The molecule has 3 N–H and O–H groups in total. The van der Waals surface area contributed by atoms with Gasteiger partial charge in [0, 0.05) is 6.42 Å². The number of quaternary nitrogens is 1. The first kappa shape index (κ1) is 29.1. The fourth-order valence-electron chi connectivity index (χ4n) is 3.92. The van der Waals surface area contributed by atoms with Crippen molar-refractivity contribution in [3.05, 3.63) is 12.7 Å². The predicted octanol–water partition coefficient (Wildman–Crippen LogP) is 1.29. The van der Waals surface area contributed by atoms with Gasteiger partial charge in [0.15, 0.2) is 0 Å². The Kier molecular flexibility index (Phi) is 25.8. The number of hydrogen-bond donors (Lipinski definition) is 3. The van der Waals surface area contributed by atoms with Crippen LogP contribution in [0.1, 0.15) is 103 Å². The van der Waals surface area contributed by atoms with Crippen molar-refractivity contribution in [2.24, 2.45) is 0 Å². The predicted molar refractivity (Wildman–Crippen MR) is 114 cm³/mol. The van der Waals surface area contributed by atoms with E-state index in [1.165, 1.54) is 94.8 Å². The van der Waals surface area contributed by atoms with Gasteiger partial charge in [-0.15, -0.1) is 6.58 Å². The van der Waals surface area contributed by atoms with Gasteiger partial charge in [-0.2, -0.15) is 0 Å². The number of nitrogens with one attached hydrogen (secondary N) is 1. The van der Waals surface area contributed by atoms with Crippen LogP contribution in [0, 0.1) is 0 Å². The minimum Gasteiger partial charge on any atom is -1.00 e. The minimum atomic E-state index is 0. The van der Waals surface area contributed by atoms with E-state index in [1.807, 2.05) is 6.08 Å². The largest absolute Gasteiger partial charge is 1.00 e. The molecule has 0 heterocycles. The summed E-state index contributed by atoms with van der Waals surface area (Å²) in [7, 11) is 0. The van der Waals surface area contributed by atoms with Gasteiger partial charge in [-0.3, -0.25) is 0 Å². The van der Waals surface area contributed by atoms with E-state index in [-0.39, 0.29) is 25.6 Å². The Bertz CT molecular complexity index is 284. The molecule has 4 heteroatoms. The third-order valence-corrected chi connectivity index (χ3v) is 5.55. The highest BCUT2D eigenvalue weighted by molar-refractivity contribution is 4.73. The van der Waals surface area contributed by atoms with Crippen LogP contribution < -0.4 is 17.3 Å². The monoisotopic (exact) mass is 405 g/mol. The van der Waals surface area contributed by atoms with Crippen LogP contribution >= 0.6 is 0 Å². The number of unbranched alkanes of at least 4 members (excludes halogenated alkanes) is 12. The summed E-state index contributed by atoms with van der Waals surface area (Å²) >= 11 is 0. The standard InChI is InChI=1S/C23H47NO2.ClH/c1-3-5-6-7-8-9-10-11-12-13-14-15-16-18-23(17-4-2)24(19-21-25)20-22-26;/h4,23,25-26H,2-3,5-22H2,1H3;1H. The highest BCUT2D eigenvalue weighted by Gasteiger charge is 2.19. The maximum atomic E-state index is 9.24. The maximum absolute atomic E-state index is 9.24. The lowest BCUT2D eigenvalue weighted by atomic mass is 10.0. The SMILES string of the molecule is C=CCC(CCCCCCCCCCCCCCC)[NH+](CCO)CCO.[Cl-]. The zero-order chi connectivity index (χ0) is 19.3. The molecule has 0 amide bonds. The summed E-state index contributed by atoms with van der Waals surface area (Å²) in [6.07, 6.45) is 22.2. The van der Waals surface area contributed by atoms with Crippen LogP contribution in [0.25, 0.3) is 0 Å². The van der Waals surface area contributed by atoms with E-state index >= 15 is 0 Å². The van der Waals surface area contributed by atoms with E-state index < -0.39 is 0 Å². The van der Waals surface area contributed by atoms with Gasteiger partial charge in [0.05, 0.1) is 19.3 Å². The second kappa shape index (κ2) is 23.9. The summed E-state index contributed by atoms with van der Waals surface area (Å²) in [6, 6.07) is 0.500. The Hall–Kier alpha value is -0.0900.